The largest absolute Gasteiger partial charge is 0.478 e. The highest BCUT2D eigenvalue weighted by molar-refractivity contribution is 9.10. The molecule has 22 heavy (non-hydrogen) atoms. The van der Waals surface area contributed by atoms with E-state index in [1.54, 1.807) is 18.2 Å². The summed E-state index contributed by atoms with van der Waals surface area (Å²) in [7, 11) is 0. The summed E-state index contributed by atoms with van der Waals surface area (Å²) in [5.74, 6) is -0.999. The fraction of sp³-hybridized carbons (Fsp3) is 0. The summed E-state index contributed by atoms with van der Waals surface area (Å²) in [4.78, 5) is 20.6. The van der Waals surface area contributed by atoms with Crippen LogP contribution in [0.15, 0.2) is 53.0 Å². The highest BCUT2D eigenvalue weighted by Crippen LogP contribution is 2.30. The second-order valence-electron chi connectivity index (χ2n) is 4.97. The molecule has 0 unspecified atom stereocenters. The highest BCUT2D eigenvalue weighted by Gasteiger charge is 2.13. The van der Waals surface area contributed by atoms with E-state index < -0.39 is 5.97 Å². The number of hydrogen-bond acceptors (Lipinski definition) is 3. The van der Waals surface area contributed by atoms with Crippen LogP contribution < -0.4 is 0 Å². The molecule has 0 radical (unpaired) electrons. The standard InChI is InChI=1S/C17H9BrN2O2/c18-12-5-1-3-10-9(12)7-8-14-15(10)20-16-11(17(21)22)4-2-6-13(16)19-14/h1-8H,(H,21,22). The molecule has 4 rings (SSSR count). The Hall–Kier alpha value is -2.53. The van der Waals surface area contributed by atoms with E-state index in [0.29, 0.717) is 16.6 Å². The molecule has 3 aromatic carbocycles. The van der Waals surface area contributed by atoms with Crippen LogP contribution in [0.2, 0.25) is 0 Å². The molecule has 0 saturated carbocycles. The molecule has 0 aliphatic carbocycles. The van der Waals surface area contributed by atoms with Gasteiger partial charge in [-0.15, -0.1) is 0 Å². The minimum Gasteiger partial charge on any atom is -0.478 e. The third-order valence-corrected chi connectivity index (χ3v) is 4.36. The molecule has 1 N–H and O–H groups in total. The quantitative estimate of drug-likeness (QED) is 0.407. The van der Waals surface area contributed by atoms with E-state index >= 15 is 0 Å². The zero-order chi connectivity index (χ0) is 15.3. The molecule has 1 heterocycles. The topological polar surface area (TPSA) is 63.1 Å². The van der Waals surface area contributed by atoms with Gasteiger partial charge in [0.05, 0.1) is 22.1 Å². The summed E-state index contributed by atoms with van der Waals surface area (Å²) in [5.41, 5.74) is 2.62. The molecule has 106 valence electrons. The van der Waals surface area contributed by atoms with Crippen molar-refractivity contribution in [3.8, 4) is 0 Å². The predicted molar refractivity (Wildman–Crippen MR) is 89.2 cm³/mol. The van der Waals surface area contributed by atoms with Gasteiger partial charge in [0.2, 0.25) is 0 Å². The molecule has 0 aliphatic heterocycles. The number of hydrogen-bond donors (Lipinski definition) is 1. The van der Waals surface area contributed by atoms with Gasteiger partial charge >= 0.3 is 5.97 Å². The Labute approximate surface area is 133 Å². The molecule has 0 bridgehead atoms. The maximum Gasteiger partial charge on any atom is 0.337 e. The Balaban J connectivity index is 2.23. The number of carboxylic acid groups (broad SMARTS) is 1. The SMILES string of the molecule is O=C(O)c1cccc2nc3ccc4c(Br)cccc4c3nc12. The number of aromatic carboxylic acids is 1. The third-order valence-electron chi connectivity index (χ3n) is 3.67. The van der Waals surface area contributed by atoms with Crippen LogP contribution in [-0.4, -0.2) is 21.0 Å². The van der Waals surface area contributed by atoms with Crippen molar-refractivity contribution in [1.82, 2.24) is 9.97 Å². The van der Waals surface area contributed by atoms with Gasteiger partial charge < -0.3 is 5.11 Å². The molecular formula is C17H9BrN2O2. The highest BCUT2D eigenvalue weighted by atomic mass is 79.9. The molecule has 0 amide bonds. The fourth-order valence-electron chi connectivity index (χ4n) is 2.65. The van der Waals surface area contributed by atoms with Gasteiger partial charge in [-0.3, -0.25) is 0 Å². The number of halogens is 1. The lowest BCUT2D eigenvalue weighted by atomic mass is 10.1. The molecule has 0 saturated heterocycles. The van der Waals surface area contributed by atoms with Crippen molar-refractivity contribution in [3.05, 3.63) is 58.6 Å². The number of fused-ring (bicyclic) bond motifs is 4. The van der Waals surface area contributed by atoms with Crippen LogP contribution in [0.25, 0.3) is 32.8 Å². The average Bonchev–Trinajstić information content (AvgIpc) is 2.52. The Morgan fingerprint density at radius 1 is 0.864 bits per heavy atom. The molecule has 5 heteroatoms. The zero-order valence-electron chi connectivity index (χ0n) is 11.2. The number of aromatic nitrogens is 2. The number of carbonyl (C=O) groups is 1. The second-order valence-corrected chi connectivity index (χ2v) is 5.82. The second kappa shape index (κ2) is 4.74. The van der Waals surface area contributed by atoms with Crippen molar-refractivity contribution >= 4 is 54.7 Å². The van der Waals surface area contributed by atoms with Crippen LogP contribution >= 0.6 is 15.9 Å². The minimum absolute atomic E-state index is 0.166. The molecular weight excluding hydrogens is 344 g/mol. The first-order valence-electron chi connectivity index (χ1n) is 6.66. The number of carboxylic acids is 1. The first kappa shape index (κ1) is 13.2. The third kappa shape index (κ3) is 1.86. The number of rotatable bonds is 1. The number of nitrogens with zero attached hydrogens (tertiary/aromatic N) is 2. The van der Waals surface area contributed by atoms with Crippen LogP contribution in [-0.2, 0) is 0 Å². The van der Waals surface area contributed by atoms with Crippen LogP contribution in [0.5, 0.6) is 0 Å². The molecule has 0 spiro atoms. The summed E-state index contributed by atoms with van der Waals surface area (Å²) < 4.78 is 0.973. The minimum atomic E-state index is -0.999. The van der Waals surface area contributed by atoms with Gasteiger partial charge in [0.25, 0.3) is 0 Å². The molecule has 1 aromatic heterocycles. The fourth-order valence-corrected chi connectivity index (χ4v) is 3.15. The number of para-hydroxylation sites is 1. The summed E-state index contributed by atoms with van der Waals surface area (Å²) in [6.45, 7) is 0. The molecule has 4 aromatic rings. The van der Waals surface area contributed by atoms with E-state index in [1.807, 2.05) is 30.3 Å². The van der Waals surface area contributed by atoms with Crippen LogP contribution in [0, 0.1) is 0 Å². The van der Waals surface area contributed by atoms with E-state index in [9.17, 15) is 9.90 Å². The van der Waals surface area contributed by atoms with Gasteiger partial charge in [0.1, 0.15) is 5.52 Å². The van der Waals surface area contributed by atoms with Crippen molar-refractivity contribution < 1.29 is 9.90 Å². The Kier molecular flexibility index (Phi) is 2.84. The maximum absolute atomic E-state index is 11.4. The van der Waals surface area contributed by atoms with Gasteiger partial charge in [-0.05, 0) is 29.7 Å². The van der Waals surface area contributed by atoms with Crippen molar-refractivity contribution in [2.24, 2.45) is 0 Å². The number of benzene rings is 3. The summed E-state index contributed by atoms with van der Waals surface area (Å²) >= 11 is 3.53. The van der Waals surface area contributed by atoms with Crippen molar-refractivity contribution in [2.45, 2.75) is 0 Å². The van der Waals surface area contributed by atoms with Gasteiger partial charge in [0.15, 0.2) is 0 Å². The summed E-state index contributed by atoms with van der Waals surface area (Å²) in [5, 5.41) is 11.3. The van der Waals surface area contributed by atoms with Crippen molar-refractivity contribution in [2.75, 3.05) is 0 Å². The summed E-state index contributed by atoms with van der Waals surface area (Å²) in [6, 6.07) is 14.8. The van der Waals surface area contributed by atoms with E-state index in [4.69, 9.17) is 0 Å². The van der Waals surface area contributed by atoms with E-state index in [1.165, 1.54) is 0 Å². The molecule has 4 nitrogen and oxygen atoms in total. The molecule has 0 aliphatic rings. The van der Waals surface area contributed by atoms with E-state index in [2.05, 4.69) is 25.9 Å². The lowest BCUT2D eigenvalue weighted by Gasteiger charge is -2.07. The predicted octanol–water partition coefficient (Wildman–Crippen LogP) is 4.40. The van der Waals surface area contributed by atoms with Crippen LogP contribution in [0.3, 0.4) is 0 Å². The van der Waals surface area contributed by atoms with E-state index in [0.717, 1.165) is 20.8 Å². The van der Waals surface area contributed by atoms with Gasteiger partial charge in [-0.1, -0.05) is 40.2 Å². The Bertz CT molecular complexity index is 1080. The maximum atomic E-state index is 11.4. The summed E-state index contributed by atoms with van der Waals surface area (Å²) in [6.07, 6.45) is 0. The first-order valence-corrected chi connectivity index (χ1v) is 7.45. The Morgan fingerprint density at radius 2 is 1.64 bits per heavy atom. The normalized spacial score (nSPS) is 11.3. The van der Waals surface area contributed by atoms with Crippen molar-refractivity contribution in [1.29, 1.82) is 0 Å². The van der Waals surface area contributed by atoms with Gasteiger partial charge in [0, 0.05) is 9.86 Å². The van der Waals surface area contributed by atoms with Crippen LogP contribution in [0.1, 0.15) is 10.4 Å². The smallest absolute Gasteiger partial charge is 0.337 e. The van der Waals surface area contributed by atoms with Crippen LogP contribution in [0.4, 0.5) is 0 Å². The van der Waals surface area contributed by atoms with Gasteiger partial charge in [-0.25, -0.2) is 14.8 Å². The first-order chi connectivity index (χ1) is 10.6. The molecule has 0 fully saturated rings. The van der Waals surface area contributed by atoms with Gasteiger partial charge in [-0.2, -0.15) is 0 Å². The lowest BCUT2D eigenvalue weighted by molar-refractivity contribution is 0.0699. The Morgan fingerprint density at radius 3 is 2.45 bits per heavy atom. The monoisotopic (exact) mass is 352 g/mol. The average molecular weight is 353 g/mol. The molecule has 0 atom stereocenters. The zero-order valence-corrected chi connectivity index (χ0v) is 12.8. The van der Waals surface area contributed by atoms with E-state index in [-0.39, 0.29) is 5.56 Å². The lowest BCUT2D eigenvalue weighted by Crippen LogP contribution is -2.00. The van der Waals surface area contributed by atoms with Crippen molar-refractivity contribution in [3.63, 3.8) is 0 Å².